The van der Waals surface area contributed by atoms with Crippen LogP contribution in [0.5, 0.6) is 0 Å². The topological polar surface area (TPSA) is 66.4 Å². The zero-order valence-electron chi connectivity index (χ0n) is 11.1. The fourth-order valence-corrected chi connectivity index (χ4v) is 3.52. The summed E-state index contributed by atoms with van der Waals surface area (Å²) in [6.07, 6.45) is 0. The van der Waals surface area contributed by atoms with Gasteiger partial charge in [0.05, 0.1) is 17.3 Å². The van der Waals surface area contributed by atoms with Gasteiger partial charge in [0.2, 0.25) is 0 Å². The summed E-state index contributed by atoms with van der Waals surface area (Å²) in [6.45, 7) is 1.18. The van der Waals surface area contributed by atoms with E-state index < -0.39 is 22.4 Å². The number of sulfonamides is 1. The number of anilines is 1. The molecule has 0 aromatic heterocycles. The van der Waals surface area contributed by atoms with E-state index in [4.69, 9.17) is 11.6 Å². The highest BCUT2D eigenvalue weighted by Gasteiger charge is 2.21. The first kappa shape index (κ1) is 15.8. The molecular weight excluding hydrogens is 317 g/mol. The van der Waals surface area contributed by atoms with Crippen LogP contribution in [0.2, 0.25) is 5.02 Å². The Morgan fingerprint density at radius 1 is 1.24 bits per heavy atom. The van der Waals surface area contributed by atoms with E-state index in [2.05, 4.69) is 4.72 Å². The van der Waals surface area contributed by atoms with Crippen molar-refractivity contribution in [2.45, 2.75) is 18.4 Å². The van der Waals surface area contributed by atoms with Crippen LogP contribution < -0.4 is 4.72 Å². The minimum Gasteiger partial charge on any atom is -0.392 e. The molecule has 0 aliphatic carbocycles. The van der Waals surface area contributed by atoms with Crippen molar-refractivity contribution >= 4 is 27.3 Å². The Morgan fingerprint density at radius 2 is 1.90 bits per heavy atom. The number of aryl methyl sites for hydroxylation is 1. The third kappa shape index (κ3) is 3.18. The first-order valence-electron chi connectivity index (χ1n) is 6.03. The third-order valence-electron chi connectivity index (χ3n) is 2.95. The van der Waals surface area contributed by atoms with Gasteiger partial charge in [0.25, 0.3) is 10.0 Å². The molecule has 21 heavy (non-hydrogen) atoms. The van der Waals surface area contributed by atoms with Gasteiger partial charge < -0.3 is 5.11 Å². The Labute approximate surface area is 127 Å². The molecule has 2 N–H and O–H groups in total. The standard InChI is InChI=1S/C14H13ClFNO3S/c1-9-4-2-7-12(13(9)15)21(19,20)17-14-10(8-18)5-3-6-11(14)16/h2-7,17-18H,8H2,1H3. The van der Waals surface area contributed by atoms with Gasteiger partial charge in [0.15, 0.2) is 0 Å². The molecule has 0 unspecified atom stereocenters. The summed E-state index contributed by atoms with van der Waals surface area (Å²) < 4.78 is 40.6. The first-order valence-corrected chi connectivity index (χ1v) is 7.89. The predicted molar refractivity (Wildman–Crippen MR) is 79.3 cm³/mol. The summed E-state index contributed by atoms with van der Waals surface area (Å²) in [5, 5.41) is 9.26. The van der Waals surface area contributed by atoms with Crippen LogP contribution in [0.15, 0.2) is 41.3 Å². The smallest absolute Gasteiger partial charge is 0.263 e. The molecule has 0 atom stereocenters. The lowest BCUT2D eigenvalue weighted by molar-refractivity contribution is 0.282. The van der Waals surface area contributed by atoms with E-state index in [9.17, 15) is 17.9 Å². The second-order valence-electron chi connectivity index (χ2n) is 4.42. The normalized spacial score (nSPS) is 11.4. The highest BCUT2D eigenvalue weighted by atomic mass is 35.5. The fourth-order valence-electron chi connectivity index (χ4n) is 1.83. The van der Waals surface area contributed by atoms with Crippen LogP contribution in [-0.4, -0.2) is 13.5 Å². The van der Waals surface area contributed by atoms with Crippen molar-refractivity contribution in [3.8, 4) is 0 Å². The average Bonchev–Trinajstić information content (AvgIpc) is 2.43. The molecule has 2 aromatic carbocycles. The quantitative estimate of drug-likeness (QED) is 0.906. The Hall–Kier alpha value is -1.63. The Balaban J connectivity index is 2.50. The van der Waals surface area contributed by atoms with Gasteiger partial charge in [-0.25, -0.2) is 12.8 Å². The molecule has 0 fully saturated rings. The van der Waals surface area contributed by atoms with Crippen LogP contribution in [0.1, 0.15) is 11.1 Å². The Kier molecular flexibility index (Phi) is 4.51. The Bertz CT molecular complexity index is 778. The summed E-state index contributed by atoms with van der Waals surface area (Å²) in [5.74, 6) is -0.770. The predicted octanol–water partition coefficient (Wildman–Crippen LogP) is 3.08. The number of nitrogens with one attached hydrogen (secondary N) is 1. The molecule has 0 saturated heterocycles. The number of rotatable bonds is 4. The number of aliphatic hydroxyl groups excluding tert-OH is 1. The highest BCUT2D eigenvalue weighted by Crippen LogP contribution is 2.28. The van der Waals surface area contributed by atoms with Crippen molar-refractivity contribution in [3.63, 3.8) is 0 Å². The van der Waals surface area contributed by atoms with Crippen molar-refractivity contribution < 1.29 is 17.9 Å². The van der Waals surface area contributed by atoms with Crippen molar-refractivity contribution in [1.82, 2.24) is 0 Å². The molecule has 0 radical (unpaired) electrons. The van der Waals surface area contributed by atoms with Crippen molar-refractivity contribution in [2.75, 3.05) is 4.72 Å². The second kappa shape index (κ2) is 6.01. The lowest BCUT2D eigenvalue weighted by atomic mass is 10.2. The molecule has 0 aliphatic heterocycles. The van der Waals surface area contributed by atoms with Crippen molar-refractivity contribution in [1.29, 1.82) is 0 Å². The summed E-state index contributed by atoms with van der Waals surface area (Å²) in [7, 11) is -4.05. The maximum absolute atomic E-state index is 13.8. The zero-order chi connectivity index (χ0) is 15.6. The molecule has 112 valence electrons. The van der Waals surface area contributed by atoms with Crippen LogP contribution >= 0.6 is 11.6 Å². The summed E-state index contributed by atoms with van der Waals surface area (Å²) in [4.78, 5) is -0.142. The molecule has 0 amide bonds. The molecule has 4 nitrogen and oxygen atoms in total. The average molecular weight is 330 g/mol. The van der Waals surface area contributed by atoms with Crippen LogP contribution in [0, 0.1) is 12.7 Å². The van der Waals surface area contributed by atoms with E-state index in [1.165, 1.54) is 18.2 Å². The summed E-state index contributed by atoms with van der Waals surface area (Å²) in [5.41, 5.74) is 0.454. The molecule has 0 saturated carbocycles. The van der Waals surface area contributed by atoms with Gasteiger partial charge in [-0.2, -0.15) is 0 Å². The lowest BCUT2D eigenvalue weighted by Crippen LogP contribution is -2.16. The second-order valence-corrected chi connectivity index (χ2v) is 6.45. The van der Waals surface area contributed by atoms with Crippen LogP contribution in [-0.2, 0) is 16.6 Å². The van der Waals surface area contributed by atoms with Gasteiger partial charge in [-0.15, -0.1) is 0 Å². The lowest BCUT2D eigenvalue weighted by Gasteiger charge is -2.13. The number of para-hydroxylation sites is 1. The maximum atomic E-state index is 13.8. The molecule has 2 rings (SSSR count). The minimum absolute atomic E-state index is 0.0758. The van der Waals surface area contributed by atoms with Gasteiger partial charge >= 0.3 is 0 Å². The summed E-state index contributed by atoms with van der Waals surface area (Å²) in [6, 6.07) is 8.47. The van der Waals surface area contributed by atoms with Crippen molar-refractivity contribution in [3.05, 3.63) is 58.4 Å². The van der Waals surface area contributed by atoms with E-state index >= 15 is 0 Å². The fraction of sp³-hybridized carbons (Fsp3) is 0.143. The first-order chi connectivity index (χ1) is 9.86. The van der Waals surface area contributed by atoms with E-state index in [-0.39, 0.29) is 21.2 Å². The van der Waals surface area contributed by atoms with Crippen LogP contribution in [0.25, 0.3) is 0 Å². The third-order valence-corrected chi connectivity index (χ3v) is 4.96. The van der Waals surface area contributed by atoms with Crippen LogP contribution in [0.3, 0.4) is 0 Å². The SMILES string of the molecule is Cc1cccc(S(=O)(=O)Nc2c(F)cccc2CO)c1Cl. The summed E-state index contributed by atoms with van der Waals surface area (Å²) >= 11 is 6.00. The number of hydrogen-bond donors (Lipinski definition) is 2. The van der Waals surface area contributed by atoms with Gasteiger partial charge in [-0.05, 0) is 24.6 Å². The Morgan fingerprint density at radius 3 is 2.57 bits per heavy atom. The van der Waals surface area contributed by atoms with Crippen LogP contribution in [0.4, 0.5) is 10.1 Å². The van der Waals surface area contributed by atoms with Gasteiger partial charge in [0, 0.05) is 5.56 Å². The number of aliphatic hydroxyl groups is 1. The maximum Gasteiger partial charge on any atom is 0.263 e. The molecular formula is C14H13ClFNO3S. The van der Waals surface area contributed by atoms with E-state index in [0.717, 1.165) is 6.07 Å². The molecule has 0 heterocycles. The molecule has 7 heteroatoms. The number of halogens is 2. The zero-order valence-corrected chi connectivity index (χ0v) is 12.7. The van der Waals surface area contributed by atoms with Gasteiger partial charge in [-0.1, -0.05) is 35.9 Å². The van der Waals surface area contributed by atoms with E-state index in [0.29, 0.717) is 5.56 Å². The molecule has 0 aliphatic rings. The number of benzene rings is 2. The van der Waals surface area contributed by atoms with E-state index in [1.54, 1.807) is 19.1 Å². The number of hydrogen-bond acceptors (Lipinski definition) is 3. The molecule has 0 bridgehead atoms. The largest absolute Gasteiger partial charge is 0.392 e. The molecule has 0 spiro atoms. The van der Waals surface area contributed by atoms with Gasteiger partial charge in [-0.3, -0.25) is 4.72 Å². The van der Waals surface area contributed by atoms with Crippen molar-refractivity contribution in [2.24, 2.45) is 0 Å². The van der Waals surface area contributed by atoms with Gasteiger partial charge in [0.1, 0.15) is 10.7 Å². The highest BCUT2D eigenvalue weighted by molar-refractivity contribution is 7.92. The minimum atomic E-state index is -4.05. The van der Waals surface area contributed by atoms with E-state index in [1.807, 2.05) is 0 Å². The monoisotopic (exact) mass is 329 g/mol. The molecule has 2 aromatic rings.